The molecule has 2 atom stereocenters. The van der Waals surface area contributed by atoms with E-state index in [1.165, 1.54) is 6.42 Å². The molecule has 1 fully saturated rings. The van der Waals surface area contributed by atoms with Crippen LogP contribution in [0.4, 0.5) is 0 Å². The molecule has 2 N–H and O–H groups in total. The molecule has 0 radical (unpaired) electrons. The molecule has 2 unspecified atom stereocenters. The Bertz CT molecular complexity index is 451. The third kappa shape index (κ3) is 3.94. The Morgan fingerprint density at radius 2 is 2.10 bits per heavy atom. The number of carbonyl (C=O) groups is 1. The maximum atomic E-state index is 12.6. The second-order valence-corrected chi connectivity index (χ2v) is 6.29. The van der Waals surface area contributed by atoms with Crippen LogP contribution in [0.15, 0.2) is 12.3 Å². The normalized spacial score (nSPS) is 22.7. The zero-order chi connectivity index (χ0) is 15.2. The molecule has 1 aromatic rings. The molecule has 1 saturated carbocycles. The van der Waals surface area contributed by atoms with Gasteiger partial charge in [0.25, 0.3) is 0 Å². The molecular weight excluding hydrogens is 262 g/mol. The Labute approximate surface area is 128 Å². The molecule has 1 aliphatic carbocycles. The number of carbonyl (C=O) groups excluding carboxylic acids is 1. The van der Waals surface area contributed by atoms with Crippen molar-refractivity contribution in [2.75, 3.05) is 6.54 Å². The summed E-state index contributed by atoms with van der Waals surface area (Å²) in [4.78, 5) is 12.6. The van der Waals surface area contributed by atoms with E-state index in [1.807, 2.05) is 16.9 Å². The van der Waals surface area contributed by atoms with Crippen molar-refractivity contribution in [3.63, 3.8) is 0 Å². The summed E-state index contributed by atoms with van der Waals surface area (Å²) in [5.41, 5.74) is 6.74. The SMILES string of the molecule is CCC(CC)n1ccc(CC(=O)C2CCCCC2CN)n1. The van der Waals surface area contributed by atoms with Crippen LogP contribution in [0.25, 0.3) is 0 Å². The summed E-state index contributed by atoms with van der Waals surface area (Å²) in [6, 6.07) is 2.44. The van der Waals surface area contributed by atoms with Gasteiger partial charge < -0.3 is 5.73 Å². The minimum absolute atomic E-state index is 0.155. The number of nitrogens with two attached hydrogens (primary N) is 1. The first-order valence-corrected chi connectivity index (χ1v) is 8.46. The van der Waals surface area contributed by atoms with Gasteiger partial charge in [-0.15, -0.1) is 0 Å². The van der Waals surface area contributed by atoms with Crippen LogP contribution in [-0.4, -0.2) is 22.1 Å². The van der Waals surface area contributed by atoms with E-state index in [4.69, 9.17) is 5.73 Å². The smallest absolute Gasteiger partial charge is 0.142 e. The summed E-state index contributed by atoms with van der Waals surface area (Å²) in [5, 5.41) is 4.60. The molecule has 1 heterocycles. The fourth-order valence-electron chi connectivity index (χ4n) is 3.56. The summed E-state index contributed by atoms with van der Waals surface area (Å²) in [6.45, 7) is 4.99. The molecule has 0 bridgehead atoms. The van der Waals surface area contributed by atoms with Crippen molar-refractivity contribution >= 4 is 5.78 Å². The molecule has 118 valence electrons. The molecule has 0 aliphatic heterocycles. The van der Waals surface area contributed by atoms with Crippen molar-refractivity contribution < 1.29 is 4.79 Å². The summed E-state index contributed by atoms with van der Waals surface area (Å²) in [5.74, 6) is 0.870. The minimum Gasteiger partial charge on any atom is -0.330 e. The number of aromatic nitrogens is 2. The molecule has 0 spiro atoms. The van der Waals surface area contributed by atoms with Crippen LogP contribution in [0.1, 0.15) is 64.1 Å². The van der Waals surface area contributed by atoms with Gasteiger partial charge in [0.1, 0.15) is 5.78 Å². The molecule has 0 aromatic carbocycles. The van der Waals surface area contributed by atoms with Gasteiger partial charge in [0.2, 0.25) is 0 Å². The summed E-state index contributed by atoms with van der Waals surface area (Å²) in [6.07, 6.45) is 9.12. The molecule has 0 amide bonds. The molecule has 0 saturated heterocycles. The molecular formula is C17H29N3O. The van der Waals surface area contributed by atoms with E-state index in [-0.39, 0.29) is 5.92 Å². The van der Waals surface area contributed by atoms with E-state index in [1.54, 1.807) is 0 Å². The quantitative estimate of drug-likeness (QED) is 0.839. The molecule has 4 nitrogen and oxygen atoms in total. The van der Waals surface area contributed by atoms with Gasteiger partial charge in [-0.3, -0.25) is 9.48 Å². The Balaban J connectivity index is 1.99. The summed E-state index contributed by atoms with van der Waals surface area (Å²) in [7, 11) is 0. The van der Waals surface area contributed by atoms with Gasteiger partial charge in [0.15, 0.2) is 0 Å². The molecule has 1 aromatic heterocycles. The average Bonchev–Trinajstić information content (AvgIpc) is 2.96. The third-order valence-electron chi connectivity index (χ3n) is 4.96. The maximum Gasteiger partial charge on any atom is 0.142 e. The Kier molecular flexibility index (Phi) is 5.97. The largest absolute Gasteiger partial charge is 0.330 e. The molecule has 21 heavy (non-hydrogen) atoms. The van der Waals surface area contributed by atoms with Crippen LogP contribution in [0, 0.1) is 11.8 Å². The lowest BCUT2D eigenvalue weighted by Crippen LogP contribution is -2.33. The van der Waals surface area contributed by atoms with E-state index in [0.717, 1.165) is 37.8 Å². The van der Waals surface area contributed by atoms with Gasteiger partial charge in [-0.2, -0.15) is 5.10 Å². The van der Waals surface area contributed by atoms with Crippen LogP contribution in [0.3, 0.4) is 0 Å². The van der Waals surface area contributed by atoms with Gasteiger partial charge in [-0.1, -0.05) is 26.7 Å². The van der Waals surface area contributed by atoms with Crippen LogP contribution >= 0.6 is 0 Å². The fourth-order valence-corrected chi connectivity index (χ4v) is 3.56. The first kappa shape index (κ1) is 16.2. The lowest BCUT2D eigenvalue weighted by molar-refractivity contribution is -0.124. The predicted octanol–water partition coefficient (Wildman–Crippen LogP) is 3.12. The number of nitrogens with zero attached hydrogens (tertiary/aromatic N) is 2. The summed E-state index contributed by atoms with van der Waals surface area (Å²) < 4.78 is 2.02. The van der Waals surface area contributed by atoms with Gasteiger partial charge in [0, 0.05) is 12.1 Å². The fraction of sp³-hybridized carbons (Fsp3) is 0.765. The topological polar surface area (TPSA) is 60.9 Å². The van der Waals surface area contributed by atoms with Crippen molar-refractivity contribution in [2.24, 2.45) is 17.6 Å². The van der Waals surface area contributed by atoms with Crippen molar-refractivity contribution in [3.8, 4) is 0 Å². The van der Waals surface area contributed by atoms with Gasteiger partial charge in [-0.05, 0) is 44.2 Å². The monoisotopic (exact) mass is 291 g/mol. The number of ketones is 1. The van der Waals surface area contributed by atoms with Crippen molar-refractivity contribution in [3.05, 3.63) is 18.0 Å². The van der Waals surface area contributed by atoms with Crippen molar-refractivity contribution in [1.82, 2.24) is 9.78 Å². The third-order valence-corrected chi connectivity index (χ3v) is 4.96. The number of hydrogen-bond acceptors (Lipinski definition) is 3. The highest BCUT2D eigenvalue weighted by molar-refractivity contribution is 5.83. The number of rotatable bonds is 7. The average molecular weight is 291 g/mol. The molecule has 2 rings (SSSR count). The maximum absolute atomic E-state index is 12.6. The highest BCUT2D eigenvalue weighted by Gasteiger charge is 2.30. The van der Waals surface area contributed by atoms with E-state index in [0.29, 0.717) is 30.7 Å². The Morgan fingerprint density at radius 1 is 1.38 bits per heavy atom. The van der Waals surface area contributed by atoms with Gasteiger partial charge in [0.05, 0.1) is 18.2 Å². The summed E-state index contributed by atoms with van der Waals surface area (Å²) >= 11 is 0. The predicted molar refractivity (Wildman–Crippen MR) is 85.1 cm³/mol. The van der Waals surface area contributed by atoms with Crippen LogP contribution in [0.5, 0.6) is 0 Å². The van der Waals surface area contributed by atoms with Crippen molar-refractivity contribution in [1.29, 1.82) is 0 Å². The van der Waals surface area contributed by atoms with Crippen molar-refractivity contribution in [2.45, 2.75) is 64.8 Å². The van der Waals surface area contributed by atoms with Gasteiger partial charge >= 0.3 is 0 Å². The minimum atomic E-state index is 0.155. The molecule has 4 heteroatoms. The lowest BCUT2D eigenvalue weighted by Gasteiger charge is -2.29. The van der Waals surface area contributed by atoms with E-state index >= 15 is 0 Å². The number of Topliss-reactive ketones (excluding diaryl/α,β-unsaturated/α-hetero) is 1. The first-order valence-electron chi connectivity index (χ1n) is 8.46. The van der Waals surface area contributed by atoms with E-state index in [9.17, 15) is 4.79 Å². The zero-order valence-corrected chi connectivity index (χ0v) is 13.4. The van der Waals surface area contributed by atoms with E-state index < -0.39 is 0 Å². The number of hydrogen-bond donors (Lipinski definition) is 1. The van der Waals surface area contributed by atoms with Crippen LogP contribution in [0.2, 0.25) is 0 Å². The van der Waals surface area contributed by atoms with Gasteiger partial charge in [-0.25, -0.2) is 0 Å². The standard InChI is InChI=1S/C17H29N3O/c1-3-15(4-2)20-10-9-14(19-20)11-17(21)16-8-6-5-7-13(16)12-18/h9-10,13,15-16H,3-8,11-12,18H2,1-2H3. The highest BCUT2D eigenvalue weighted by atomic mass is 16.1. The second-order valence-electron chi connectivity index (χ2n) is 6.29. The molecule has 1 aliphatic rings. The lowest BCUT2D eigenvalue weighted by atomic mass is 9.76. The zero-order valence-electron chi connectivity index (χ0n) is 13.4. The van der Waals surface area contributed by atoms with Crippen LogP contribution < -0.4 is 5.73 Å². The first-order chi connectivity index (χ1) is 10.2. The highest BCUT2D eigenvalue weighted by Crippen LogP contribution is 2.30. The van der Waals surface area contributed by atoms with Crippen LogP contribution in [-0.2, 0) is 11.2 Å². The Morgan fingerprint density at radius 3 is 2.76 bits per heavy atom. The second kappa shape index (κ2) is 7.74. The Hall–Kier alpha value is -1.16. The van der Waals surface area contributed by atoms with E-state index in [2.05, 4.69) is 18.9 Å².